The van der Waals surface area contributed by atoms with Gasteiger partial charge in [0, 0.05) is 6.42 Å². The van der Waals surface area contributed by atoms with Crippen LogP contribution in [-0.2, 0) is 9.47 Å². The van der Waals surface area contributed by atoms with Crippen molar-refractivity contribution in [2.24, 2.45) is 0 Å². The molecule has 0 saturated carbocycles. The molecule has 0 aliphatic carbocycles. The monoisotopic (exact) mass is 100 g/mol. The molecule has 0 N–H and O–H groups in total. The van der Waals surface area contributed by atoms with Crippen molar-refractivity contribution in [3.63, 3.8) is 0 Å². The molecular formula is C5H8O2. The zero-order chi connectivity index (χ0) is 4.69. The molecule has 2 heterocycles. The standard InChI is InChI=1S/C5H8O2/c1-2-5-6-3-4(1)7-5/h4-5H,1-3H2/t4-,5+/m0/s1. The van der Waals surface area contributed by atoms with E-state index in [0.29, 0.717) is 6.10 Å². The van der Waals surface area contributed by atoms with E-state index in [1.807, 2.05) is 0 Å². The van der Waals surface area contributed by atoms with Crippen molar-refractivity contribution in [1.29, 1.82) is 0 Å². The molecular weight excluding hydrogens is 92.1 g/mol. The van der Waals surface area contributed by atoms with Crippen LogP contribution in [0.15, 0.2) is 0 Å². The van der Waals surface area contributed by atoms with Crippen molar-refractivity contribution >= 4 is 0 Å². The molecule has 2 bridgehead atoms. The lowest BCUT2D eigenvalue weighted by atomic mass is 10.2. The SMILES string of the molecule is C1C[C@@H]2OC[C@H]1O2. The van der Waals surface area contributed by atoms with Gasteiger partial charge in [0.25, 0.3) is 0 Å². The Morgan fingerprint density at radius 2 is 2.29 bits per heavy atom. The average molecular weight is 100 g/mol. The molecule has 40 valence electrons. The number of hydrogen-bond acceptors (Lipinski definition) is 2. The van der Waals surface area contributed by atoms with Crippen LogP contribution in [0.25, 0.3) is 0 Å². The maximum Gasteiger partial charge on any atom is 0.158 e. The quantitative estimate of drug-likeness (QED) is 0.442. The normalized spacial score (nSPS) is 48.0. The van der Waals surface area contributed by atoms with E-state index in [2.05, 4.69) is 0 Å². The van der Waals surface area contributed by atoms with Crippen LogP contribution in [0.2, 0.25) is 0 Å². The topological polar surface area (TPSA) is 18.5 Å². The highest BCUT2D eigenvalue weighted by atomic mass is 16.7. The van der Waals surface area contributed by atoms with E-state index >= 15 is 0 Å². The van der Waals surface area contributed by atoms with Gasteiger partial charge in [0.15, 0.2) is 6.29 Å². The summed E-state index contributed by atoms with van der Waals surface area (Å²) < 4.78 is 10.4. The van der Waals surface area contributed by atoms with Crippen LogP contribution >= 0.6 is 0 Å². The lowest BCUT2D eigenvalue weighted by Gasteiger charge is -2.02. The molecule has 2 rings (SSSR count). The van der Waals surface area contributed by atoms with Gasteiger partial charge in [-0.2, -0.15) is 0 Å². The highest BCUT2D eigenvalue weighted by Gasteiger charge is 2.32. The Morgan fingerprint density at radius 3 is 2.43 bits per heavy atom. The van der Waals surface area contributed by atoms with Gasteiger partial charge in [-0.1, -0.05) is 0 Å². The van der Waals surface area contributed by atoms with E-state index in [1.54, 1.807) is 0 Å². The first kappa shape index (κ1) is 3.87. The van der Waals surface area contributed by atoms with Gasteiger partial charge >= 0.3 is 0 Å². The van der Waals surface area contributed by atoms with Crippen LogP contribution in [0.1, 0.15) is 12.8 Å². The summed E-state index contributed by atoms with van der Waals surface area (Å²) in [5, 5.41) is 0. The maximum atomic E-state index is 5.25. The van der Waals surface area contributed by atoms with Crippen LogP contribution in [0, 0.1) is 0 Å². The molecule has 2 aliphatic rings. The second kappa shape index (κ2) is 1.20. The molecule has 0 aromatic carbocycles. The molecule has 0 aromatic rings. The summed E-state index contributed by atoms with van der Waals surface area (Å²) in [7, 11) is 0. The predicted octanol–water partition coefficient (Wildman–Crippen LogP) is 0.522. The molecule has 0 amide bonds. The lowest BCUT2D eigenvalue weighted by molar-refractivity contribution is -0.0270. The fraction of sp³-hybridized carbons (Fsp3) is 1.00. The second-order valence-electron chi connectivity index (χ2n) is 2.10. The Hall–Kier alpha value is -0.0800. The molecule has 0 radical (unpaired) electrons. The van der Waals surface area contributed by atoms with Crippen molar-refractivity contribution in [2.75, 3.05) is 6.61 Å². The Morgan fingerprint density at radius 1 is 1.29 bits per heavy atom. The molecule has 7 heavy (non-hydrogen) atoms. The Bertz CT molecular complexity index is 64.1. The summed E-state index contributed by atoms with van der Waals surface area (Å²) in [6.45, 7) is 0.838. The summed E-state index contributed by atoms with van der Waals surface area (Å²) in [6, 6.07) is 0. The minimum Gasteiger partial charge on any atom is -0.350 e. The number of fused-ring (bicyclic) bond motifs is 2. The van der Waals surface area contributed by atoms with Crippen LogP contribution in [0.3, 0.4) is 0 Å². The first-order chi connectivity index (χ1) is 3.45. The van der Waals surface area contributed by atoms with Gasteiger partial charge in [0.05, 0.1) is 12.7 Å². The molecule has 2 nitrogen and oxygen atoms in total. The van der Waals surface area contributed by atoms with E-state index in [9.17, 15) is 0 Å². The minimum atomic E-state index is 0.171. The second-order valence-corrected chi connectivity index (χ2v) is 2.10. The van der Waals surface area contributed by atoms with Crippen LogP contribution in [0.5, 0.6) is 0 Å². The first-order valence-corrected chi connectivity index (χ1v) is 2.72. The molecule has 0 unspecified atom stereocenters. The smallest absolute Gasteiger partial charge is 0.158 e. The van der Waals surface area contributed by atoms with Crippen LogP contribution in [-0.4, -0.2) is 19.0 Å². The third-order valence-electron chi connectivity index (χ3n) is 1.54. The van der Waals surface area contributed by atoms with Gasteiger partial charge in [-0.25, -0.2) is 0 Å². The van der Waals surface area contributed by atoms with Crippen LogP contribution in [0.4, 0.5) is 0 Å². The Labute approximate surface area is 42.4 Å². The maximum absolute atomic E-state index is 5.25. The summed E-state index contributed by atoms with van der Waals surface area (Å²) in [6.07, 6.45) is 2.95. The van der Waals surface area contributed by atoms with Gasteiger partial charge in [0.1, 0.15) is 0 Å². The molecule has 0 aromatic heterocycles. The van der Waals surface area contributed by atoms with Crippen molar-refractivity contribution in [3.8, 4) is 0 Å². The third-order valence-corrected chi connectivity index (χ3v) is 1.54. The zero-order valence-electron chi connectivity index (χ0n) is 4.09. The highest BCUT2D eigenvalue weighted by Crippen LogP contribution is 2.27. The Balaban J connectivity index is 2.12. The number of ether oxygens (including phenoxy) is 2. The predicted molar refractivity (Wildman–Crippen MR) is 23.8 cm³/mol. The zero-order valence-corrected chi connectivity index (χ0v) is 4.09. The summed E-state index contributed by atoms with van der Waals surface area (Å²) in [5.74, 6) is 0. The molecule has 2 aliphatic heterocycles. The van der Waals surface area contributed by atoms with Crippen molar-refractivity contribution < 1.29 is 9.47 Å². The van der Waals surface area contributed by atoms with Gasteiger partial charge < -0.3 is 9.47 Å². The van der Waals surface area contributed by atoms with Gasteiger partial charge in [-0.3, -0.25) is 0 Å². The van der Waals surface area contributed by atoms with Gasteiger partial charge in [-0.15, -0.1) is 0 Å². The fourth-order valence-electron chi connectivity index (χ4n) is 1.13. The molecule has 2 heteroatoms. The number of hydrogen-bond donors (Lipinski definition) is 0. The van der Waals surface area contributed by atoms with E-state index < -0.39 is 0 Å². The van der Waals surface area contributed by atoms with Crippen LogP contribution < -0.4 is 0 Å². The van der Waals surface area contributed by atoms with Crippen molar-refractivity contribution in [1.82, 2.24) is 0 Å². The average Bonchev–Trinajstić information content (AvgIpc) is 2.22. The fourth-order valence-corrected chi connectivity index (χ4v) is 1.13. The van der Waals surface area contributed by atoms with E-state index in [-0.39, 0.29) is 6.29 Å². The minimum absolute atomic E-state index is 0.171. The number of rotatable bonds is 0. The molecule has 2 atom stereocenters. The third kappa shape index (κ3) is 0.469. The summed E-state index contributed by atoms with van der Waals surface area (Å²) in [5.41, 5.74) is 0. The summed E-state index contributed by atoms with van der Waals surface area (Å²) in [4.78, 5) is 0. The Kier molecular flexibility index (Phi) is 0.664. The summed E-state index contributed by atoms with van der Waals surface area (Å²) >= 11 is 0. The largest absolute Gasteiger partial charge is 0.350 e. The first-order valence-electron chi connectivity index (χ1n) is 2.72. The molecule has 2 fully saturated rings. The van der Waals surface area contributed by atoms with Gasteiger partial charge in [0.2, 0.25) is 0 Å². The molecule has 2 saturated heterocycles. The highest BCUT2D eigenvalue weighted by molar-refractivity contribution is 4.73. The van der Waals surface area contributed by atoms with E-state index in [1.165, 1.54) is 6.42 Å². The van der Waals surface area contributed by atoms with Gasteiger partial charge in [-0.05, 0) is 6.42 Å². The van der Waals surface area contributed by atoms with E-state index in [0.717, 1.165) is 13.0 Å². The van der Waals surface area contributed by atoms with Crippen molar-refractivity contribution in [3.05, 3.63) is 0 Å². The van der Waals surface area contributed by atoms with Crippen molar-refractivity contribution in [2.45, 2.75) is 25.2 Å². The molecule has 0 spiro atoms. The van der Waals surface area contributed by atoms with E-state index in [4.69, 9.17) is 9.47 Å². The lowest BCUT2D eigenvalue weighted by Crippen LogP contribution is -2.08.